The number of rotatable bonds is 6. The number of methoxy groups -OCH3 is 2. The Bertz CT molecular complexity index is 997. The number of benzene rings is 1. The Balaban J connectivity index is 1.42. The fourth-order valence-electron chi connectivity index (χ4n) is 3.54. The number of carbonyl (C=O) groups is 1. The molecular formula is C22H24N4O4. The highest BCUT2D eigenvalue weighted by molar-refractivity contribution is 5.93. The minimum Gasteiger partial charge on any atom is -0.497 e. The second kappa shape index (κ2) is 8.86. The summed E-state index contributed by atoms with van der Waals surface area (Å²) < 4.78 is 16.7. The summed E-state index contributed by atoms with van der Waals surface area (Å²) in [6.07, 6.45) is 5.04. The lowest BCUT2D eigenvalue weighted by molar-refractivity contribution is 0.0589. The lowest BCUT2D eigenvalue weighted by Gasteiger charge is -2.31. The molecule has 1 N–H and O–H groups in total. The van der Waals surface area contributed by atoms with Crippen molar-refractivity contribution in [1.29, 1.82) is 0 Å². The number of hydrogen-bond donors (Lipinski definition) is 1. The number of carbonyl (C=O) groups excluding carboxylic acids is 1. The first-order valence-corrected chi connectivity index (χ1v) is 9.81. The molecule has 1 saturated heterocycles. The molecule has 1 aliphatic rings. The van der Waals surface area contributed by atoms with Crippen LogP contribution in [0.25, 0.3) is 11.3 Å². The van der Waals surface area contributed by atoms with Crippen LogP contribution in [0.15, 0.2) is 48.8 Å². The first-order valence-electron chi connectivity index (χ1n) is 9.81. The first kappa shape index (κ1) is 19.8. The van der Waals surface area contributed by atoms with Crippen LogP contribution in [0, 0.1) is 0 Å². The number of amides is 1. The van der Waals surface area contributed by atoms with Crippen molar-refractivity contribution < 1.29 is 19.0 Å². The number of nitrogens with one attached hydrogen (secondary N) is 1. The fraction of sp³-hybridized carbons (Fsp3) is 0.318. The highest BCUT2D eigenvalue weighted by atomic mass is 16.5. The Morgan fingerprint density at radius 2 is 1.93 bits per heavy atom. The zero-order valence-corrected chi connectivity index (χ0v) is 17.0. The lowest BCUT2D eigenvalue weighted by Crippen LogP contribution is -2.41. The molecular weight excluding hydrogens is 384 g/mol. The Labute approximate surface area is 174 Å². The van der Waals surface area contributed by atoms with Gasteiger partial charge in [0.15, 0.2) is 0 Å². The van der Waals surface area contributed by atoms with E-state index >= 15 is 0 Å². The number of pyridine rings is 1. The summed E-state index contributed by atoms with van der Waals surface area (Å²) in [5, 5.41) is 7.18. The van der Waals surface area contributed by atoms with Crippen molar-refractivity contribution in [2.45, 2.75) is 18.9 Å². The van der Waals surface area contributed by atoms with Gasteiger partial charge in [-0.2, -0.15) is 5.10 Å². The Morgan fingerprint density at radius 3 is 2.63 bits per heavy atom. The van der Waals surface area contributed by atoms with E-state index in [1.54, 1.807) is 32.7 Å². The quantitative estimate of drug-likeness (QED) is 0.674. The van der Waals surface area contributed by atoms with Gasteiger partial charge in [0.05, 0.1) is 26.1 Å². The largest absolute Gasteiger partial charge is 0.497 e. The number of ether oxygens (including phenoxy) is 3. The zero-order valence-electron chi connectivity index (χ0n) is 17.0. The van der Waals surface area contributed by atoms with Gasteiger partial charge in [-0.1, -0.05) is 0 Å². The number of H-pyrrole nitrogens is 1. The van der Waals surface area contributed by atoms with Crippen molar-refractivity contribution >= 4 is 5.91 Å². The maximum atomic E-state index is 12.9. The fourth-order valence-corrected chi connectivity index (χ4v) is 3.54. The van der Waals surface area contributed by atoms with E-state index < -0.39 is 0 Å². The molecule has 0 spiro atoms. The van der Waals surface area contributed by atoms with Crippen molar-refractivity contribution in [2.24, 2.45) is 0 Å². The van der Waals surface area contributed by atoms with Crippen LogP contribution in [-0.2, 0) is 0 Å². The molecule has 2 aromatic heterocycles. The molecule has 8 heteroatoms. The molecule has 0 aliphatic carbocycles. The Kier molecular flexibility index (Phi) is 5.83. The molecule has 1 fully saturated rings. The summed E-state index contributed by atoms with van der Waals surface area (Å²) in [7, 11) is 3.20. The predicted octanol–water partition coefficient (Wildman–Crippen LogP) is 3.17. The zero-order chi connectivity index (χ0) is 20.9. The number of aromatic amines is 1. The first-order chi connectivity index (χ1) is 14.7. The summed E-state index contributed by atoms with van der Waals surface area (Å²) in [5.74, 6) is 2.04. The molecule has 30 heavy (non-hydrogen) atoms. The minimum absolute atomic E-state index is 0.0737. The third-order valence-corrected chi connectivity index (χ3v) is 5.16. The number of nitrogens with zero attached hydrogens (tertiary/aromatic N) is 3. The summed E-state index contributed by atoms with van der Waals surface area (Å²) in [6, 6.07) is 11.0. The normalized spacial score (nSPS) is 14.4. The van der Waals surface area contributed by atoms with Gasteiger partial charge in [-0.15, -0.1) is 0 Å². The number of hydrogen-bond acceptors (Lipinski definition) is 6. The van der Waals surface area contributed by atoms with Crippen LogP contribution in [0.1, 0.15) is 23.3 Å². The molecule has 8 nitrogen and oxygen atoms in total. The van der Waals surface area contributed by atoms with Gasteiger partial charge in [0, 0.05) is 37.7 Å². The summed E-state index contributed by atoms with van der Waals surface area (Å²) >= 11 is 0. The molecule has 0 saturated carbocycles. The van der Waals surface area contributed by atoms with Crippen molar-refractivity contribution in [3.05, 3.63) is 54.5 Å². The molecule has 156 valence electrons. The number of piperidine rings is 1. The second-order valence-electron chi connectivity index (χ2n) is 7.03. The molecule has 4 rings (SSSR count). The van der Waals surface area contributed by atoms with E-state index in [1.165, 1.54) is 0 Å². The van der Waals surface area contributed by atoms with E-state index in [1.807, 2.05) is 35.2 Å². The third-order valence-electron chi connectivity index (χ3n) is 5.16. The Hall–Kier alpha value is -3.55. The summed E-state index contributed by atoms with van der Waals surface area (Å²) in [5.41, 5.74) is 1.83. The van der Waals surface area contributed by atoms with E-state index in [0.717, 1.165) is 24.2 Å². The van der Waals surface area contributed by atoms with Crippen LogP contribution < -0.4 is 14.2 Å². The average Bonchev–Trinajstić information content (AvgIpc) is 3.29. The van der Waals surface area contributed by atoms with Crippen LogP contribution in [0.3, 0.4) is 0 Å². The van der Waals surface area contributed by atoms with E-state index in [9.17, 15) is 4.79 Å². The summed E-state index contributed by atoms with van der Waals surface area (Å²) in [6.45, 7) is 1.25. The van der Waals surface area contributed by atoms with Crippen LogP contribution in [0.2, 0.25) is 0 Å². The molecule has 0 unspecified atom stereocenters. The van der Waals surface area contributed by atoms with E-state index in [-0.39, 0.29) is 12.0 Å². The molecule has 1 aliphatic heterocycles. The SMILES string of the molecule is COc1ccc(OC)c(-c2cc(C(=O)N3CCC(Oc4cccnc4)CC3)[nH]n2)c1. The highest BCUT2D eigenvalue weighted by Crippen LogP contribution is 2.32. The van der Waals surface area contributed by atoms with Gasteiger partial charge in [-0.25, -0.2) is 0 Å². The van der Waals surface area contributed by atoms with Gasteiger partial charge >= 0.3 is 0 Å². The van der Waals surface area contributed by atoms with Crippen molar-refractivity contribution in [3.8, 4) is 28.5 Å². The molecule has 3 aromatic rings. The van der Waals surface area contributed by atoms with Gasteiger partial charge < -0.3 is 19.1 Å². The highest BCUT2D eigenvalue weighted by Gasteiger charge is 2.26. The lowest BCUT2D eigenvalue weighted by atomic mass is 10.1. The van der Waals surface area contributed by atoms with E-state index in [0.29, 0.717) is 36.0 Å². The van der Waals surface area contributed by atoms with Gasteiger partial charge in [0.25, 0.3) is 5.91 Å². The van der Waals surface area contributed by atoms with Gasteiger partial charge in [-0.05, 0) is 36.4 Å². The van der Waals surface area contributed by atoms with Crippen molar-refractivity contribution in [1.82, 2.24) is 20.1 Å². The van der Waals surface area contributed by atoms with Crippen LogP contribution >= 0.6 is 0 Å². The smallest absolute Gasteiger partial charge is 0.271 e. The molecule has 1 amide bonds. The van der Waals surface area contributed by atoms with Crippen LogP contribution in [0.4, 0.5) is 0 Å². The molecule has 0 atom stereocenters. The molecule has 1 aromatic carbocycles. The number of aromatic nitrogens is 3. The molecule has 0 bridgehead atoms. The third kappa shape index (κ3) is 4.22. The van der Waals surface area contributed by atoms with Crippen molar-refractivity contribution in [2.75, 3.05) is 27.3 Å². The van der Waals surface area contributed by atoms with Gasteiger partial charge in [0.1, 0.15) is 29.0 Å². The van der Waals surface area contributed by atoms with E-state index in [2.05, 4.69) is 15.2 Å². The monoisotopic (exact) mass is 408 g/mol. The standard InChI is InChI=1S/C22H24N4O4/c1-28-16-5-6-21(29-2)18(12-16)19-13-20(25-24-19)22(27)26-10-7-15(8-11-26)30-17-4-3-9-23-14-17/h3-6,9,12-15H,7-8,10-11H2,1-2H3,(H,24,25). The van der Waals surface area contributed by atoms with Crippen LogP contribution in [-0.4, -0.2) is 59.4 Å². The maximum Gasteiger partial charge on any atom is 0.271 e. The molecule has 3 heterocycles. The topological polar surface area (TPSA) is 89.6 Å². The summed E-state index contributed by atoms with van der Waals surface area (Å²) in [4.78, 5) is 18.8. The van der Waals surface area contributed by atoms with E-state index in [4.69, 9.17) is 14.2 Å². The maximum absolute atomic E-state index is 12.9. The molecule has 0 radical (unpaired) electrons. The van der Waals surface area contributed by atoms with Gasteiger partial charge in [-0.3, -0.25) is 14.9 Å². The minimum atomic E-state index is -0.0737. The average molecular weight is 408 g/mol. The second-order valence-corrected chi connectivity index (χ2v) is 7.03. The predicted molar refractivity (Wildman–Crippen MR) is 111 cm³/mol. The Morgan fingerprint density at radius 1 is 1.10 bits per heavy atom. The van der Waals surface area contributed by atoms with Crippen LogP contribution in [0.5, 0.6) is 17.2 Å². The van der Waals surface area contributed by atoms with Gasteiger partial charge in [0.2, 0.25) is 0 Å². The number of likely N-dealkylation sites (tertiary alicyclic amines) is 1. The van der Waals surface area contributed by atoms with Crippen molar-refractivity contribution in [3.63, 3.8) is 0 Å².